The normalized spacial score (nSPS) is 28.0. The van der Waals surface area contributed by atoms with E-state index in [1.54, 1.807) is 0 Å². The predicted molar refractivity (Wildman–Crippen MR) is 58.3 cm³/mol. The van der Waals surface area contributed by atoms with Crippen LogP contribution in [0.2, 0.25) is 0 Å². The Bertz CT molecular complexity index is 208. The Kier molecular flexibility index (Phi) is 3.67. The molecule has 3 nitrogen and oxygen atoms in total. The summed E-state index contributed by atoms with van der Waals surface area (Å²) in [5.41, 5.74) is -0.218. The van der Waals surface area contributed by atoms with Crippen LogP contribution >= 0.6 is 0 Å². The summed E-state index contributed by atoms with van der Waals surface area (Å²) < 4.78 is 0. The van der Waals surface area contributed by atoms with Gasteiger partial charge in [-0.1, -0.05) is 27.7 Å². The van der Waals surface area contributed by atoms with Crippen molar-refractivity contribution in [3.8, 4) is 0 Å². The first-order valence-corrected chi connectivity index (χ1v) is 5.45. The zero-order valence-electron chi connectivity index (χ0n) is 9.68. The minimum absolute atomic E-state index is 0.148. The number of carbonyl (C=O) groups excluding carboxylic acids is 1. The quantitative estimate of drug-likeness (QED) is 0.705. The Morgan fingerprint density at radius 2 is 2.07 bits per heavy atom. The van der Waals surface area contributed by atoms with Gasteiger partial charge in [-0.25, -0.2) is 0 Å². The minimum atomic E-state index is -0.218. The molecule has 0 spiro atoms. The smallest absolute Gasteiger partial charge is 0.144 e. The van der Waals surface area contributed by atoms with Crippen LogP contribution < -0.4 is 10.6 Å². The van der Waals surface area contributed by atoms with Crippen molar-refractivity contribution in [2.45, 2.75) is 33.7 Å². The third-order valence-electron chi connectivity index (χ3n) is 2.76. The van der Waals surface area contributed by atoms with E-state index in [9.17, 15) is 4.79 Å². The average Bonchev–Trinajstić information content (AvgIpc) is 2.50. The molecule has 3 heteroatoms. The highest BCUT2D eigenvalue weighted by Crippen LogP contribution is 2.23. The monoisotopic (exact) mass is 198 g/mol. The van der Waals surface area contributed by atoms with Gasteiger partial charge >= 0.3 is 0 Å². The van der Waals surface area contributed by atoms with Gasteiger partial charge in [-0.2, -0.15) is 0 Å². The number of carbonyl (C=O) groups is 1. The molecule has 0 bridgehead atoms. The summed E-state index contributed by atoms with van der Waals surface area (Å²) in [6.45, 7) is 10.7. The summed E-state index contributed by atoms with van der Waals surface area (Å²) in [7, 11) is 0. The molecule has 2 N–H and O–H groups in total. The molecule has 0 aliphatic carbocycles. The van der Waals surface area contributed by atoms with Crippen LogP contribution in [0.5, 0.6) is 0 Å². The highest BCUT2D eigenvalue weighted by atomic mass is 16.1. The molecule has 2 atom stereocenters. The first-order valence-electron chi connectivity index (χ1n) is 5.45. The maximum Gasteiger partial charge on any atom is 0.144 e. The number of nitrogens with one attached hydrogen (secondary N) is 2. The van der Waals surface area contributed by atoms with Gasteiger partial charge in [0.05, 0.1) is 0 Å². The van der Waals surface area contributed by atoms with Gasteiger partial charge < -0.3 is 10.6 Å². The van der Waals surface area contributed by atoms with Crippen LogP contribution in [0, 0.1) is 11.3 Å². The molecular formula is C11H22N2O. The summed E-state index contributed by atoms with van der Waals surface area (Å²) in [6.07, 6.45) is 0. The molecule has 1 rings (SSSR count). The Balaban J connectivity index is 2.62. The minimum Gasteiger partial charge on any atom is -0.314 e. The van der Waals surface area contributed by atoms with E-state index >= 15 is 0 Å². The maximum atomic E-state index is 12.1. The molecule has 1 heterocycles. The summed E-state index contributed by atoms with van der Waals surface area (Å²) in [5.74, 6) is 0.517. The molecule has 0 aromatic heterocycles. The number of hydrogen-bond acceptors (Lipinski definition) is 3. The lowest BCUT2D eigenvalue weighted by Gasteiger charge is -2.25. The molecule has 0 saturated carbocycles. The first kappa shape index (κ1) is 11.7. The van der Waals surface area contributed by atoms with Gasteiger partial charge in [0.25, 0.3) is 0 Å². The van der Waals surface area contributed by atoms with E-state index < -0.39 is 0 Å². The molecular weight excluding hydrogens is 176 g/mol. The molecule has 0 aromatic carbocycles. The molecule has 14 heavy (non-hydrogen) atoms. The molecule has 0 radical (unpaired) electrons. The van der Waals surface area contributed by atoms with Crippen LogP contribution in [0.1, 0.15) is 27.7 Å². The molecule has 1 fully saturated rings. The number of ketones is 1. The molecule has 1 aliphatic heterocycles. The lowest BCUT2D eigenvalue weighted by atomic mass is 9.81. The molecule has 1 saturated heterocycles. The second-order valence-electron chi connectivity index (χ2n) is 5.04. The van der Waals surface area contributed by atoms with Gasteiger partial charge in [-0.15, -0.1) is 0 Å². The van der Waals surface area contributed by atoms with E-state index in [1.165, 1.54) is 0 Å². The summed E-state index contributed by atoms with van der Waals surface area (Å²) in [5, 5.41) is 6.64. The summed E-state index contributed by atoms with van der Waals surface area (Å²) >= 11 is 0. The van der Waals surface area contributed by atoms with Crippen LogP contribution in [-0.4, -0.2) is 31.5 Å². The fraction of sp³-hybridized carbons (Fsp3) is 0.909. The third-order valence-corrected chi connectivity index (χ3v) is 2.76. The maximum absolute atomic E-state index is 12.1. The van der Waals surface area contributed by atoms with Gasteiger partial charge in [0.15, 0.2) is 0 Å². The second kappa shape index (κ2) is 4.41. The van der Waals surface area contributed by atoms with Crippen molar-refractivity contribution in [1.82, 2.24) is 10.6 Å². The van der Waals surface area contributed by atoms with Gasteiger partial charge in [0.2, 0.25) is 0 Å². The zero-order chi connectivity index (χ0) is 10.8. The van der Waals surface area contributed by atoms with E-state index in [0.717, 1.165) is 19.6 Å². The summed E-state index contributed by atoms with van der Waals surface area (Å²) in [6, 6.07) is 0.326. The van der Waals surface area contributed by atoms with E-state index in [-0.39, 0.29) is 11.3 Å². The van der Waals surface area contributed by atoms with Crippen LogP contribution in [0.15, 0.2) is 0 Å². The predicted octanol–water partition coefficient (Wildman–Crippen LogP) is 0.799. The molecule has 0 aromatic rings. The Labute approximate surface area is 86.6 Å². The second-order valence-corrected chi connectivity index (χ2v) is 5.04. The number of rotatable bonds is 3. The van der Waals surface area contributed by atoms with Crippen LogP contribution in [0.4, 0.5) is 0 Å². The fourth-order valence-corrected chi connectivity index (χ4v) is 1.99. The topological polar surface area (TPSA) is 41.1 Å². The lowest BCUT2D eigenvalue weighted by Crippen LogP contribution is -2.42. The molecule has 0 amide bonds. The van der Waals surface area contributed by atoms with Gasteiger partial charge in [-0.3, -0.25) is 4.79 Å². The number of Topliss-reactive ketones (excluding diaryl/α,β-unsaturated/α-hetero) is 1. The first-order chi connectivity index (χ1) is 6.46. The van der Waals surface area contributed by atoms with Crippen LogP contribution in [0.3, 0.4) is 0 Å². The van der Waals surface area contributed by atoms with Gasteiger partial charge in [0.1, 0.15) is 5.78 Å². The van der Waals surface area contributed by atoms with E-state index in [4.69, 9.17) is 0 Å². The summed E-state index contributed by atoms with van der Waals surface area (Å²) in [4.78, 5) is 12.1. The zero-order valence-corrected chi connectivity index (χ0v) is 9.68. The largest absolute Gasteiger partial charge is 0.314 e. The number of likely N-dealkylation sites (N-methyl/N-ethyl adjacent to an activating group) is 1. The fourth-order valence-electron chi connectivity index (χ4n) is 1.99. The van der Waals surface area contributed by atoms with Crippen molar-refractivity contribution in [2.24, 2.45) is 11.3 Å². The molecule has 0 unspecified atom stereocenters. The number of hydrogen-bond donors (Lipinski definition) is 2. The van der Waals surface area contributed by atoms with Gasteiger partial charge in [0, 0.05) is 30.5 Å². The Morgan fingerprint density at radius 3 is 2.57 bits per heavy atom. The SMILES string of the molecule is CCN[C@H]1CNC[C@@H]1C(=O)C(C)(C)C. The van der Waals surface area contributed by atoms with Crippen molar-refractivity contribution in [1.29, 1.82) is 0 Å². The van der Waals surface area contributed by atoms with E-state index in [1.807, 2.05) is 20.8 Å². The highest BCUT2D eigenvalue weighted by molar-refractivity contribution is 5.87. The van der Waals surface area contributed by atoms with Crippen molar-refractivity contribution in [2.75, 3.05) is 19.6 Å². The standard InChI is InChI=1S/C11H22N2O/c1-5-13-9-7-12-6-8(9)10(14)11(2,3)4/h8-9,12-13H,5-7H2,1-4H3/t8-,9-/m0/s1. The van der Waals surface area contributed by atoms with Crippen LogP contribution in [0.25, 0.3) is 0 Å². The van der Waals surface area contributed by atoms with Crippen molar-refractivity contribution in [3.63, 3.8) is 0 Å². The third kappa shape index (κ3) is 2.55. The van der Waals surface area contributed by atoms with Crippen molar-refractivity contribution >= 4 is 5.78 Å². The van der Waals surface area contributed by atoms with E-state index in [2.05, 4.69) is 17.6 Å². The molecule has 82 valence electrons. The van der Waals surface area contributed by atoms with Gasteiger partial charge in [-0.05, 0) is 6.54 Å². The lowest BCUT2D eigenvalue weighted by molar-refractivity contribution is -0.130. The van der Waals surface area contributed by atoms with Crippen molar-refractivity contribution < 1.29 is 4.79 Å². The van der Waals surface area contributed by atoms with E-state index in [0.29, 0.717) is 11.8 Å². The average molecular weight is 198 g/mol. The Morgan fingerprint density at radius 1 is 1.43 bits per heavy atom. The highest BCUT2D eigenvalue weighted by Gasteiger charge is 2.37. The van der Waals surface area contributed by atoms with Crippen molar-refractivity contribution in [3.05, 3.63) is 0 Å². The molecule has 1 aliphatic rings. The Hall–Kier alpha value is -0.410. The van der Waals surface area contributed by atoms with Crippen LogP contribution in [-0.2, 0) is 4.79 Å².